The molecule has 82 valence electrons. The Labute approximate surface area is 93.3 Å². The van der Waals surface area contributed by atoms with Crippen LogP contribution in [0.3, 0.4) is 0 Å². The molecule has 0 saturated carbocycles. The van der Waals surface area contributed by atoms with E-state index in [0.29, 0.717) is 5.69 Å². The number of aromatic carboxylic acids is 1. The van der Waals surface area contributed by atoms with Gasteiger partial charge < -0.3 is 10.0 Å². The van der Waals surface area contributed by atoms with Gasteiger partial charge in [0.05, 0.1) is 5.69 Å². The highest BCUT2D eigenvalue weighted by Crippen LogP contribution is 2.17. The Morgan fingerprint density at radius 3 is 3.00 bits per heavy atom. The molecule has 4 nitrogen and oxygen atoms in total. The van der Waals surface area contributed by atoms with E-state index in [1.165, 1.54) is 6.20 Å². The van der Waals surface area contributed by atoms with Gasteiger partial charge in [-0.15, -0.1) is 0 Å². The van der Waals surface area contributed by atoms with Gasteiger partial charge in [-0.3, -0.25) is 4.98 Å². The molecule has 15 heavy (non-hydrogen) atoms. The van der Waals surface area contributed by atoms with Gasteiger partial charge in [-0.1, -0.05) is 0 Å². The molecule has 0 aliphatic carbocycles. The molecule has 0 bridgehead atoms. The number of nitrogens with zero attached hydrogens (tertiary/aromatic N) is 2. The fourth-order valence-electron chi connectivity index (χ4n) is 1.23. The molecule has 0 aromatic carbocycles. The molecule has 0 fully saturated rings. The lowest BCUT2D eigenvalue weighted by molar-refractivity contribution is 0.0697. The highest BCUT2D eigenvalue weighted by atomic mass is 32.2. The van der Waals surface area contributed by atoms with Gasteiger partial charge in [0.1, 0.15) is 5.56 Å². The van der Waals surface area contributed by atoms with Crippen molar-refractivity contribution in [3.05, 3.63) is 24.0 Å². The predicted molar refractivity (Wildman–Crippen MR) is 62.8 cm³/mol. The maximum Gasteiger partial charge on any atom is 0.339 e. The summed E-state index contributed by atoms with van der Waals surface area (Å²) in [4.78, 5) is 16.7. The maximum atomic E-state index is 10.9. The molecule has 1 heterocycles. The number of pyridine rings is 1. The molecular formula is C10H14N2O2S. The average molecular weight is 226 g/mol. The molecule has 0 spiro atoms. The van der Waals surface area contributed by atoms with Crippen molar-refractivity contribution in [2.45, 2.75) is 0 Å². The lowest BCUT2D eigenvalue weighted by Crippen LogP contribution is -2.22. The fourth-order valence-corrected chi connectivity index (χ4v) is 1.69. The second kappa shape index (κ2) is 5.60. The Kier molecular flexibility index (Phi) is 4.42. The third kappa shape index (κ3) is 3.13. The minimum Gasteiger partial charge on any atom is -0.478 e. The number of anilines is 1. The van der Waals surface area contributed by atoms with E-state index >= 15 is 0 Å². The number of aromatic nitrogens is 1. The van der Waals surface area contributed by atoms with Crippen molar-refractivity contribution in [2.24, 2.45) is 0 Å². The molecule has 0 aliphatic rings. The van der Waals surface area contributed by atoms with Crippen LogP contribution in [-0.4, -0.2) is 41.7 Å². The van der Waals surface area contributed by atoms with Crippen LogP contribution in [0.2, 0.25) is 0 Å². The van der Waals surface area contributed by atoms with Crippen molar-refractivity contribution in [2.75, 3.05) is 30.5 Å². The summed E-state index contributed by atoms with van der Waals surface area (Å²) < 4.78 is 0. The maximum absolute atomic E-state index is 10.9. The van der Waals surface area contributed by atoms with E-state index in [4.69, 9.17) is 5.11 Å². The van der Waals surface area contributed by atoms with Crippen LogP contribution in [-0.2, 0) is 0 Å². The predicted octanol–water partition coefficient (Wildman–Crippen LogP) is 1.58. The van der Waals surface area contributed by atoms with Gasteiger partial charge in [-0.25, -0.2) is 4.79 Å². The summed E-state index contributed by atoms with van der Waals surface area (Å²) in [6.07, 6.45) is 5.02. The smallest absolute Gasteiger partial charge is 0.339 e. The summed E-state index contributed by atoms with van der Waals surface area (Å²) in [5, 5.41) is 8.97. The van der Waals surface area contributed by atoms with Crippen LogP contribution >= 0.6 is 11.8 Å². The molecule has 1 rings (SSSR count). The lowest BCUT2D eigenvalue weighted by Gasteiger charge is -2.20. The Morgan fingerprint density at radius 1 is 1.67 bits per heavy atom. The number of carboxylic acids is 1. The minimum atomic E-state index is -0.936. The topological polar surface area (TPSA) is 53.4 Å². The van der Waals surface area contributed by atoms with Gasteiger partial charge in [0, 0.05) is 31.7 Å². The van der Waals surface area contributed by atoms with Crippen LogP contribution in [0.15, 0.2) is 18.5 Å². The van der Waals surface area contributed by atoms with Crippen molar-refractivity contribution in [1.29, 1.82) is 0 Å². The van der Waals surface area contributed by atoms with Crippen LogP contribution in [0.25, 0.3) is 0 Å². The van der Waals surface area contributed by atoms with E-state index in [-0.39, 0.29) is 5.56 Å². The van der Waals surface area contributed by atoms with Crippen LogP contribution in [0.5, 0.6) is 0 Å². The normalized spacial score (nSPS) is 10.0. The standard InChI is InChI=1S/C10H14N2O2S/c1-12(5-6-15-2)9-3-4-11-7-8(9)10(13)14/h3-4,7H,5-6H2,1-2H3,(H,13,14). The molecule has 5 heteroatoms. The average Bonchev–Trinajstić information content (AvgIpc) is 2.25. The Hall–Kier alpha value is -1.23. The molecule has 0 radical (unpaired) electrons. The van der Waals surface area contributed by atoms with Crippen molar-refractivity contribution in [3.63, 3.8) is 0 Å². The number of rotatable bonds is 5. The van der Waals surface area contributed by atoms with Crippen molar-refractivity contribution in [3.8, 4) is 0 Å². The largest absolute Gasteiger partial charge is 0.478 e. The first kappa shape index (κ1) is 11.8. The SMILES string of the molecule is CSCCN(C)c1ccncc1C(=O)O. The second-order valence-corrected chi connectivity index (χ2v) is 4.10. The molecule has 0 aliphatic heterocycles. The second-order valence-electron chi connectivity index (χ2n) is 3.11. The summed E-state index contributed by atoms with van der Waals surface area (Å²) in [6, 6.07) is 1.73. The Morgan fingerprint density at radius 2 is 2.40 bits per heavy atom. The molecule has 0 saturated heterocycles. The summed E-state index contributed by atoms with van der Waals surface area (Å²) in [5.41, 5.74) is 0.965. The van der Waals surface area contributed by atoms with Crippen LogP contribution in [0, 0.1) is 0 Å². The molecule has 1 aromatic rings. The Balaban J connectivity index is 2.87. The third-order valence-electron chi connectivity index (χ3n) is 2.07. The van der Waals surface area contributed by atoms with Crippen molar-refractivity contribution >= 4 is 23.4 Å². The van der Waals surface area contributed by atoms with E-state index in [2.05, 4.69) is 4.98 Å². The van der Waals surface area contributed by atoms with Gasteiger partial charge in [0.2, 0.25) is 0 Å². The number of thioether (sulfide) groups is 1. The zero-order valence-corrected chi connectivity index (χ0v) is 9.62. The van der Waals surface area contributed by atoms with Gasteiger partial charge in [-0.05, 0) is 12.3 Å². The molecule has 0 unspecified atom stereocenters. The number of hydrogen-bond acceptors (Lipinski definition) is 4. The monoisotopic (exact) mass is 226 g/mol. The molecule has 1 N–H and O–H groups in total. The highest BCUT2D eigenvalue weighted by Gasteiger charge is 2.12. The zero-order valence-electron chi connectivity index (χ0n) is 8.80. The number of carbonyl (C=O) groups is 1. The van der Waals surface area contributed by atoms with E-state index in [1.807, 2.05) is 18.2 Å². The van der Waals surface area contributed by atoms with Gasteiger partial charge in [0.15, 0.2) is 0 Å². The van der Waals surface area contributed by atoms with E-state index in [9.17, 15) is 4.79 Å². The molecule has 0 atom stereocenters. The first-order valence-corrected chi connectivity index (χ1v) is 5.93. The first-order chi connectivity index (χ1) is 7.16. The lowest BCUT2D eigenvalue weighted by atomic mass is 10.2. The number of carboxylic acid groups (broad SMARTS) is 1. The summed E-state index contributed by atoms with van der Waals surface area (Å²) in [5.74, 6) is 0.0341. The van der Waals surface area contributed by atoms with Crippen LogP contribution in [0.4, 0.5) is 5.69 Å². The molecule has 0 amide bonds. The first-order valence-electron chi connectivity index (χ1n) is 4.54. The van der Waals surface area contributed by atoms with Crippen LogP contribution < -0.4 is 4.90 Å². The van der Waals surface area contributed by atoms with Crippen molar-refractivity contribution < 1.29 is 9.90 Å². The van der Waals surface area contributed by atoms with Gasteiger partial charge >= 0.3 is 5.97 Å². The quantitative estimate of drug-likeness (QED) is 0.826. The fraction of sp³-hybridized carbons (Fsp3) is 0.400. The molecule has 1 aromatic heterocycles. The van der Waals surface area contributed by atoms with Crippen molar-refractivity contribution in [1.82, 2.24) is 4.98 Å². The van der Waals surface area contributed by atoms with E-state index < -0.39 is 5.97 Å². The summed E-state index contributed by atoms with van der Waals surface area (Å²) in [7, 11) is 1.89. The zero-order chi connectivity index (χ0) is 11.3. The minimum absolute atomic E-state index is 0.251. The highest BCUT2D eigenvalue weighted by molar-refractivity contribution is 7.98. The van der Waals surface area contributed by atoms with Gasteiger partial charge in [-0.2, -0.15) is 11.8 Å². The van der Waals surface area contributed by atoms with Gasteiger partial charge in [0.25, 0.3) is 0 Å². The molecular weight excluding hydrogens is 212 g/mol. The van der Waals surface area contributed by atoms with E-state index in [1.54, 1.807) is 24.0 Å². The summed E-state index contributed by atoms with van der Waals surface area (Å²) in [6.45, 7) is 0.825. The van der Waals surface area contributed by atoms with Crippen LogP contribution in [0.1, 0.15) is 10.4 Å². The summed E-state index contributed by atoms with van der Waals surface area (Å²) >= 11 is 1.73. The number of hydrogen-bond donors (Lipinski definition) is 1. The van der Waals surface area contributed by atoms with E-state index in [0.717, 1.165) is 12.3 Å². The Bertz CT molecular complexity index is 344. The third-order valence-corrected chi connectivity index (χ3v) is 2.66.